The highest BCUT2D eigenvalue weighted by Crippen LogP contribution is 2.39. The quantitative estimate of drug-likeness (QED) is 0.866. The molecule has 0 aliphatic carbocycles. The molecule has 1 aromatic heterocycles. The van der Waals surface area contributed by atoms with E-state index in [1.807, 2.05) is 25.1 Å². The lowest BCUT2D eigenvalue weighted by atomic mass is 10.0. The van der Waals surface area contributed by atoms with Crippen molar-refractivity contribution in [3.63, 3.8) is 0 Å². The number of hydrogen-bond donors (Lipinski definition) is 1. The van der Waals surface area contributed by atoms with Crippen molar-refractivity contribution in [3.05, 3.63) is 39.7 Å². The zero-order chi connectivity index (χ0) is 14.0. The molecule has 0 amide bonds. The van der Waals surface area contributed by atoms with Crippen LogP contribution in [0.25, 0.3) is 11.1 Å². The summed E-state index contributed by atoms with van der Waals surface area (Å²) < 4.78 is 5.07. The van der Waals surface area contributed by atoms with Crippen molar-refractivity contribution in [1.29, 1.82) is 0 Å². The van der Waals surface area contributed by atoms with Crippen LogP contribution in [0.5, 0.6) is 0 Å². The molecule has 1 aromatic carbocycles. The van der Waals surface area contributed by atoms with E-state index in [4.69, 9.17) is 22.1 Å². The highest BCUT2D eigenvalue weighted by Gasteiger charge is 2.22. The molecule has 0 atom stereocenters. The molecule has 0 aliphatic rings. The molecular formula is C14H14ClNO2S. The van der Waals surface area contributed by atoms with E-state index in [0.717, 1.165) is 16.0 Å². The second-order valence-corrected chi connectivity index (χ2v) is 5.70. The number of rotatable bonds is 3. The standard InChI is InChI=1S/C14H14ClNO2S/c1-3-18-14(17)12-11(8(2)19-13(12)16)9-5-4-6-10(15)7-9/h4-7H,3,16H2,1-2H3. The third-order valence-corrected chi connectivity index (χ3v) is 3.87. The van der Waals surface area contributed by atoms with Crippen LogP contribution < -0.4 is 5.73 Å². The third-order valence-electron chi connectivity index (χ3n) is 2.70. The van der Waals surface area contributed by atoms with E-state index >= 15 is 0 Å². The molecule has 0 bridgehead atoms. The van der Waals surface area contributed by atoms with Crippen molar-refractivity contribution in [2.75, 3.05) is 12.3 Å². The van der Waals surface area contributed by atoms with E-state index in [2.05, 4.69) is 0 Å². The van der Waals surface area contributed by atoms with Crippen molar-refractivity contribution >= 4 is 33.9 Å². The minimum Gasteiger partial charge on any atom is -0.462 e. The zero-order valence-corrected chi connectivity index (χ0v) is 12.3. The van der Waals surface area contributed by atoms with Crippen LogP contribution in [0, 0.1) is 6.92 Å². The molecule has 0 spiro atoms. The molecule has 1 heterocycles. The van der Waals surface area contributed by atoms with Gasteiger partial charge in [0, 0.05) is 15.5 Å². The van der Waals surface area contributed by atoms with E-state index in [9.17, 15) is 4.79 Å². The maximum atomic E-state index is 12.0. The number of benzene rings is 1. The van der Waals surface area contributed by atoms with Gasteiger partial charge in [0.25, 0.3) is 0 Å². The minimum absolute atomic E-state index is 0.322. The lowest BCUT2D eigenvalue weighted by Crippen LogP contribution is -2.07. The number of ether oxygens (including phenoxy) is 1. The first-order valence-electron chi connectivity index (χ1n) is 5.86. The van der Waals surface area contributed by atoms with Gasteiger partial charge in [-0.2, -0.15) is 0 Å². The van der Waals surface area contributed by atoms with Crippen LogP contribution in [0.4, 0.5) is 5.00 Å². The monoisotopic (exact) mass is 295 g/mol. The van der Waals surface area contributed by atoms with Crippen molar-refractivity contribution in [3.8, 4) is 11.1 Å². The van der Waals surface area contributed by atoms with E-state index in [-0.39, 0.29) is 5.97 Å². The summed E-state index contributed by atoms with van der Waals surface area (Å²) >= 11 is 7.39. The van der Waals surface area contributed by atoms with Crippen LogP contribution in [0.15, 0.2) is 24.3 Å². The van der Waals surface area contributed by atoms with Gasteiger partial charge in [0.05, 0.1) is 6.61 Å². The second-order valence-electron chi connectivity index (χ2n) is 4.00. The van der Waals surface area contributed by atoms with Gasteiger partial charge in [-0.1, -0.05) is 23.7 Å². The number of carbonyl (C=O) groups excluding carboxylic acids is 1. The molecule has 0 aliphatic heterocycles. The van der Waals surface area contributed by atoms with Gasteiger partial charge in [-0.15, -0.1) is 11.3 Å². The summed E-state index contributed by atoms with van der Waals surface area (Å²) in [6.07, 6.45) is 0. The molecule has 2 aromatic rings. The van der Waals surface area contributed by atoms with Crippen molar-refractivity contribution in [2.45, 2.75) is 13.8 Å². The Balaban J connectivity index is 2.59. The molecule has 3 nitrogen and oxygen atoms in total. The van der Waals surface area contributed by atoms with Crippen LogP contribution in [-0.4, -0.2) is 12.6 Å². The highest BCUT2D eigenvalue weighted by atomic mass is 35.5. The zero-order valence-electron chi connectivity index (χ0n) is 10.7. The molecule has 5 heteroatoms. The fraction of sp³-hybridized carbons (Fsp3) is 0.214. The Morgan fingerprint density at radius 1 is 1.47 bits per heavy atom. The van der Waals surface area contributed by atoms with Crippen LogP contribution in [0.3, 0.4) is 0 Å². The van der Waals surface area contributed by atoms with Gasteiger partial charge in [-0.3, -0.25) is 0 Å². The Bertz CT molecular complexity index is 622. The normalized spacial score (nSPS) is 10.5. The number of nitrogen functional groups attached to an aromatic ring is 1. The van der Waals surface area contributed by atoms with E-state index in [1.54, 1.807) is 13.0 Å². The summed E-state index contributed by atoms with van der Waals surface area (Å²) in [7, 11) is 0. The fourth-order valence-corrected chi connectivity index (χ4v) is 3.09. The Labute approximate surface area is 121 Å². The number of thiophene rings is 1. The molecular weight excluding hydrogens is 282 g/mol. The van der Waals surface area contributed by atoms with Gasteiger partial charge in [0.2, 0.25) is 0 Å². The summed E-state index contributed by atoms with van der Waals surface area (Å²) in [6, 6.07) is 7.36. The number of esters is 1. The predicted octanol–water partition coefficient (Wildman–Crippen LogP) is 4.14. The first kappa shape index (κ1) is 13.9. The van der Waals surface area contributed by atoms with E-state index < -0.39 is 0 Å². The molecule has 19 heavy (non-hydrogen) atoms. The van der Waals surface area contributed by atoms with E-state index in [1.165, 1.54) is 11.3 Å². The van der Waals surface area contributed by atoms with Crippen LogP contribution in [-0.2, 0) is 4.74 Å². The number of anilines is 1. The SMILES string of the molecule is CCOC(=O)c1c(N)sc(C)c1-c1cccc(Cl)c1. The van der Waals surface area contributed by atoms with Gasteiger partial charge in [-0.05, 0) is 31.5 Å². The van der Waals surface area contributed by atoms with Crippen LogP contribution in [0.1, 0.15) is 22.2 Å². The van der Waals surface area contributed by atoms with Crippen LogP contribution in [0.2, 0.25) is 5.02 Å². The Morgan fingerprint density at radius 3 is 2.84 bits per heavy atom. The summed E-state index contributed by atoms with van der Waals surface area (Å²) in [4.78, 5) is 13.0. The van der Waals surface area contributed by atoms with E-state index in [0.29, 0.717) is 22.2 Å². The summed E-state index contributed by atoms with van der Waals surface area (Å²) in [5, 5.41) is 1.10. The molecule has 2 N–H and O–H groups in total. The smallest absolute Gasteiger partial charge is 0.341 e. The van der Waals surface area contributed by atoms with Gasteiger partial charge >= 0.3 is 5.97 Å². The second kappa shape index (κ2) is 5.63. The maximum absolute atomic E-state index is 12.0. The predicted molar refractivity (Wildman–Crippen MR) is 79.9 cm³/mol. The molecule has 0 fully saturated rings. The topological polar surface area (TPSA) is 52.3 Å². The third kappa shape index (κ3) is 2.74. The van der Waals surface area contributed by atoms with Gasteiger partial charge in [0.15, 0.2) is 0 Å². The molecule has 100 valence electrons. The average molecular weight is 296 g/mol. The molecule has 0 radical (unpaired) electrons. The Morgan fingerprint density at radius 2 is 2.21 bits per heavy atom. The first-order valence-corrected chi connectivity index (χ1v) is 7.06. The van der Waals surface area contributed by atoms with Crippen LogP contribution >= 0.6 is 22.9 Å². The fourth-order valence-electron chi connectivity index (χ4n) is 1.96. The lowest BCUT2D eigenvalue weighted by Gasteiger charge is -2.07. The Hall–Kier alpha value is -1.52. The number of halogens is 1. The molecule has 0 saturated carbocycles. The van der Waals surface area contributed by atoms with Gasteiger partial charge < -0.3 is 10.5 Å². The molecule has 0 saturated heterocycles. The lowest BCUT2D eigenvalue weighted by molar-refractivity contribution is 0.0529. The average Bonchev–Trinajstić information content (AvgIpc) is 2.64. The molecule has 2 rings (SSSR count). The minimum atomic E-state index is -0.390. The molecule has 0 unspecified atom stereocenters. The Kier molecular flexibility index (Phi) is 4.12. The summed E-state index contributed by atoms with van der Waals surface area (Å²) in [6.45, 7) is 4.02. The summed E-state index contributed by atoms with van der Waals surface area (Å²) in [5.74, 6) is -0.390. The van der Waals surface area contributed by atoms with Crippen molar-refractivity contribution in [1.82, 2.24) is 0 Å². The first-order chi connectivity index (χ1) is 9.04. The van der Waals surface area contributed by atoms with Gasteiger partial charge in [0.1, 0.15) is 10.6 Å². The van der Waals surface area contributed by atoms with Crippen molar-refractivity contribution in [2.24, 2.45) is 0 Å². The number of nitrogens with two attached hydrogens (primary N) is 1. The van der Waals surface area contributed by atoms with Gasteiger partial charge in [-0.25, -0.2) is 4.79 Å². The maximum Gasteiger partial charge on any atom is 0.341 e. The largest absolute Gasteiger partial charge is 0.462 e. The number of hydrogen-bond acceptors (Lipinski definition) is 4. The highest BCUT2D eigenvalue weighted by molar-refractivity contribution is 7.16. The summed E-state index contributed by atoms with van der Waals surface area (Å²) in [5.41, 5.74) is 8.05. The van der Waals surface area contributed by atoms with Crippen molar-refractivity contribution < 1.29 is 9.53 Å². The number of aryl methyl sites for hydroxylation is 1. The number of carbonyl (C=O) groups is 1.